The van der Waals surface area contributed by atoms with Gasteiger partial charge in [-0.3, -0.25) is 9.59 Å². The first-order valence-corrected chi connectivity index (χ1v) is 10.7. The molecule has 0 aliphatic heterocycles. The third-order valence-electron chi connectivity index (χ3n) is 6.19. The molecule has 2 amide bonds. The van der Waals surface area contributed by atoms with Crippen LogP contribution >= 0.6 is 0 Å². The van der Waals surface area contributed by atoms with E-state index in [1.807, 2.05) is 0 Å². The van der Waals surface area contributed by atoms with Gasteiger partial charge in [0.05, 0.1) is 12.7 Å². The molecule has 0 atom stereocenters. The van der Waals surface area contributed by atoms with Crippen molar-refractivity contribution in [3.8, 4) is 0 Å². The largest absolute Gasteiger partial charge is 0.464 e. The monoisotopic (exact) mass is 382 g/mol. The molecule has 150 valence electrons. The Labute approximate surface area is 166 Å². The van der Waals surface area contributed by atoms with Crippen LogP contribution in [0.5, 0.6) is 0 Å². The Kier molecular flexibility index (Phi) is 5.98. The van der Waals surface area contributed by atoms with Crippen LogP contribution in [-0.4, -0.2) is 24.9 Å². The number of nitrogens with one attached hydrogen (secondary N) is 2. The second kappa shape index (κ2) is 8.80. The molecule has 2 aliphatic carbocycles. The van der Waals surface area contributed by atoms with Crippen LogP contribution in [0, 0.1) is 5.92 Å². The summed E-state index contributed by atoms with van der Waals surface area (Å²) in [7, 11) is 0. The fourth-order valence-electron chi connectivity index (χ4n) is 4.65. The molecule has 5 nitrogen and oxygen atoms in total. The van der Waals surface area contributed by atoms with Crippen molar-refractivity contribution in [2.24, 2.45) is 5.92 Å². The molecular formula is C23H30N2O3. The zero-order valence-corrected chi connectivity index (χ0v) is 16.5. The van der Waals surface area contributed by atoms with E-state index in [-0.39, 0.29) is 11.8 Å². The van der Waals surface area contributed by atoms with Crippen molar-refractivity contribution < 1.29 is 14.0 Å². The lowest BCUT2D eigenvalue weighted by Crippen LogP contribution is -2.36. The first-order chi connectivity index (χ1) is 13.7. The van der Waals surface area contributed by atoms with E-state index >= 15 is 0 Å². The molecule has 1 heterocycles. The first-order valence-electron chi connectivity index (χ1n) is 10.7. The average Bonchev–Trinajstić information content (AvgIpc) is 3.31. The number of fused-ring (bicyclic) bond motifs is 2. The summed E-state index contributed by atoms with van der Waals surface area (Å²) in [5.41, 5.74) is 4.57. The Bertz CT molecular complexity index is 849. The molecule has 2 N–H and O–H groups in total. The van der Waals surface area contributed by atoms with Gasteiger partial charge in [-0.1, -0.05) is 19.3 Å². The van der Waals surface area contributed by atoms with Gasteiger partial charge in [-0.2, -0.15) is 0 Å². The second-order valence-electron chi connectivity index (χ2n) is 8.32. The lowest BCUT2D eigenvalue weighted by molar-refractivity contribution is -0.123. The Morgan fingerprint density at radius 1 is 0.929 bits per heavy atom. The van der Waals surface area contributed by atoms with Crippen molar-refractivity contribution in [3.63, 3.8) is 0 Å². The summed E-state index contributed by atoms with van der Waals surface area (Å²) in [6.07, 6.45) is 12.2. The molecule has 1 aromatic carbocycles. The molecule has 2 aliphatic rings. The van der Waals surface area contributed by atoms with Gasteiger partial charge in [-0.25, -0.2) is 0 Å². The molecule has 1 fully saturated rings. The highest BCUT2D eigenvalue weighted by Crippen LogP contribution is 2.30. The molecule has 5 heteroatoms. The maximum absolute atomic E-state index is 12.3. The minimum Gasteiger partial charge on any atom is -0.464 e. The Morgan fingerprint density at radius 2 is 1.64 bits per heavy atom. The molecule has 0 radical (unpaired) electrons. The standard InChI is InChI=1S/C23H30N2O3/c26-22(11-16-5-2-1-3-6-16)24-9-10-25-23(27)14-19-15-28-21-13-18-8-4-7-17(18)12-20(19)21/h12-13,15-16H,1-11,14H2,(H,24,26)(H,25,27). The fraction of sp³-hybridized carbons (Fsp3) is 0.565. The Balaban J connectivity index is 1.21. The van der Waals surface area contributed by atoms with E-state index in [4.69, 9.17) is 4.42 Å². The molecule has 28 heavy (non-hydrogen) atoms. The lowest BCUT2D eigenvalue weighted by atomic mass is 9.87. The van der Waals surface area contributed by atoms with Crippen molar-refractivity contribution in [3.05, 3.63) is 35.1 Å². The average molecular weight is 383 g/mol. The van der Waals surface area contributed by atoms with Gasteiger partial charge in [0.25, 0.3) is 0 Å². The summed E-state index contributed by atoms with van der Waals surface area (Å²) < 4.78 is 5.67. The van der Waals surface area contributed by atoms with Crippen molar-refractivity contribution in [1.29, 1.82) is 0 Å². The zero-order chi connectivity index (χ0) is 19.3. The maximum atomic E-state index is 12.3. The van der Waals surface area contributed by atoms with Gasteiger partial charge in [-0.15, -0.1) is 0 Å². The molecule has 0 spiro atoms. The number of aryl methyl sites for hydroxylation is 2. The van der Waals surface area contributed by atoms with Crippen LogP contribution in [0.4, 0.5) is 0 Å². The Morgan fingerprint density at radius 3 is 2.43 bits per heavy atom. The Hall–Kier alpha value is -2.30. The third-order valence-corrected chi connectivity index (χ3v) is 6.19. The first kappa shape index (κ1) is 19.0. The van der Waals surface area contributed by atoms with Crippen LogP contribution in [0.3, 0.4) is 0 Å². The van der Waals surface area contributed by atoms with Gasteiger partial charge in [-0.05, 0) is 61.3 Å². The summed E-state index contributed by atoms with van der Waals surface area (Å²) >= 11 is 0. The minimum atomic E-state index is -0.0373. The van der Waals surface area contributed by atoms with Gasteiger partial charge in [0.15, 0.2) is 0 Å². The number of benzene rings is 1. The zero-order valence-electron chi connectivity index (χ0n) is 16.5. The smallest absolute Gasteiger partial charge is 0.224 e. The number of hydrogen-bond donors (Lipinski definition) is 2. The van der Waals surface area contributed by atoms with Crippen LogP contribution in [0.25, 0.3) is 11.0 Å². The lowest BCUT2D eigenvalue weighted by Gasteiger charge is -2.20. The molecule has 1 saturated carbocycles. The summed E-state index contributed by atoms with van der Waals surface area (Å²) in [6.45, 7) is 0.942. The van der Waals surface area contributed by atoms with Crippen LogP contribution in [0.1, 0.15) is 61.6 Å². The summed E-state index contributed by atoms with van der Waals surface area (Å²) in [5.74, 6) is 0.611. The number of carbonyl (C=O) groups excluding carboxylic acids is 2. The van der Waals surface area contributed by atoms with Gasteiger partial charge in [0.1, 0.15) is 5.58 Å². The van der Waals surface area contributed by atoms with E-state index in [0.717, 1.165) is 29.4 Å². The number of hydrogen-bond acceptors (Lipinski definition) is 3. The molecule has 0 bridgehead atoms. The topological polar surface area (TPSA) is 71.3 Å². The highest BCUT2D eigenvalue weighted by Gasteiger charge is 2.18. The van der Waals surface area contributed by atoms with E-state index in [2.05, 4.69) is 22.8 Å². The highest BCUT2D eigenvalue weighted by molar-refractivity contribution is 5.88. The van der Waals surface area contributed by atoms with Gasteiger partial charge < -0.3 is 15.1 Å². The number of furan rings is 1. The van der Waals surface area contributed by atoms with Gasteiger partial charge in [0, 0.05) is 30.5 Å². The van der Waals surface area contributed by atoms with E-state index in [0.29, 0.717) is 31.8 Å². The molecule has 2 aromatic rings. The SMILES string of the molecule is O=C(Cc1coc2cc3c(cc12)CCC3)NCCNC(=O)CC1CCCCC1. The highest BCUT2D eigenvalue weighted by atomic mass is 16.3. The van der Waals surface area contributed by atoms with Crippen molar-refractivity contribution >= 4 is 22.8 Å². The van der Waals surface area contributed by atoms with Crippen molar-refractivity contribution in [1.82, 2.24) is 10.6 Å². The molecule has 4 rings (SSSR count). The van der Waals surface area contributed by atoms with Crippen LogP contribution in [-0.2, 0) is 28.9 Å². The summed E-state index contributed by atoms with van der Waals surface area (Å²) in [5, 5.41) is 6.88. The van der Waals surface area contributed by atoms with E-state index in [9.17, 15) is 9.59 Å². The van der Waals surface area contributed by atoms with Crippen molar-refractivity contribution in [2.45, 2.75) is 64.2 Å². The molecule has 0 unspecified atom stereocenters. The number of carbonyl (C=O) groups is 2. The number of amides is 2. The van der Waals surface area contributed by atoms with Gasteiger partial charge >= 0.3 is 0 Å². The molecular weight excluding hydrogens is 352 g/mol. The van der Waals surface area contributed by atoms with E-state index in [1.165, 1.54) is 49.7 Å². The second-order valence-corrected chi connectivity index (χ2v) is 8.32. The maximum Gasteiger partial charge on any atom is 0.224 e. The summed E-state index contributed by atoms with van der Waals surface area (Å²) in [4.78, 5) is 24.3. The van der Waals surface area contributed by atoms with Gasteiger partial charge in [0.2, 0.25) is 11.8 Å². The van der Waals surface area contributed by atoms with Crippen LogP contribution in [0.15, 0.2) is 22.8 Å². The van der Waals surface area contributed by atoms with Crippen LogP contribution < -0.4 is 10.6 Å². The predicted molar refractivity (Wildman–Crippen MR) is 109 cm³/mol. The summed E-state index contributed by atoms with van der Waals surface area (Å²) in [6, 6.07) is 4.32. The molecule has 1 aromatic heterocycles. The number of rotatable bonds is 7. The van der Waals surface area contributed by atoms with Crippen molar-refractivity contribution in [2.75, 3.05) is 13.1 Å². The molecule has 0 saturated heterocycles. The van der Waals surface area contributed by atoms with E-state index < -0.39 is 0 Å². The predicted octanol–water partition coefficient (Wildman–Crippen LogP) is 3.67. The normalized spacial score (nSPS) is 16.9. The quantitative estimate of drug-likeness (QED) is 0.718. The van der Waals surface area contributed by atoms with Crippen LogP contribution in [0.2, 0.25) is 0 Å². The minimum absolute atomic E-state index is 0.0373. The fourth-order valence-corrected chi connectivity index (χ4v) is 4.65. The third kappa shape index (κ3) is 4.57. The van der Waals surface area contributed by atoms with E-state index in [1.54, 1.807) is 6.26 Å².